The van der Waals surface area contributed by atoms with Gasteiger partial charge in [0.05, 0.1) is 0 Å². The third kappa shape index (κ3) is 5.87. The van der Waals surface area contributed by atoms with E-state index in [0.717, 1.165) is 12.7 Å². The Bertz CT molecular complexity index is 234. The Morgan fingerprint density at radius 3 is 2.31 bits per heavy atom. The lowest BCUT2D eigenvalue weighted by Gasteiger charge is -2.00. The van der Waals surface area contributed by atoms with Crippen LogP contribution < -0.4 is 5.32 Å². The highest BCUT2D eigenvalue weighted by Gasteiger charge is 1.91. The molecule has 13 heavy (non-hydrogen) atoms. The predicted molar refractivity (Wildman–Crippen MR) is 52.1 cm³/mol. The van der Waals surface area contributed by atoms with Gasteiger partial charge in [-0.25, -0.2) is 0 Å². The van der Waals surface area contributed by atoms with Crippen LogP contribution in [0.5, 0.6) is 0 Å². The fraction of sp³-hybridized carbons (Fsp3) is 0.300. The molecule has 0 bridgehead atoms. The molecule has 0 saturated carbocycles. The van der Waals surface area contributed by atoms with Crippen LogP contribution in [0.15, 0.2) is 30.3 Å². The lowest BCUT2D eigenvalue weighted by atomic mass is 10.2. The number of rotatable bonds is 2. The van der Waals surface area contributed by atoms with Crippen LogP contribution in [0.1, 0.15) is 12.5 Å². The number of amides is 1. The third-order valence-electron chi connectivity index (χ3n) is 1.38. The van der Waals surface area contributed by atoms with Crippen LogP contribution in [0.25, 0.3) is 0 Å². The van der Waals surface area contributed by atoms with Crippen molar-refractivity contribution in [2.75, 3.05) is 7.11 Å². The monoisotopic (exact) mass is 181 g/mol. The normalized spacial score (nSPS) is 8.23. The van der Waals surface area contributed by atoms with Gasteiger partial charge >= 0.3 is 0 Å². The maximum atomic E-state index is 10.5. The van der Waals surface area contributed by atoms with Gasteiger partial charge in [-0.2, -0.15) is 0 Å². The van der Waals surface area contributed by atoms with Crippen molar-refractivity contribution in [2.24, 2.45) is 0 Å². The molecule has 3 heteroatoms. The minimum absolute atomic E-state index is 0.00820. The second-order valence-corrected chi connectivity index (χ2v) is 2.40. The molecule has 1 aromatic rings. The number of hydrogen-bond donors (Lipinski definition) is 2. The zero-order chi connectivity index (χ0) is 10.1. The number of nitrogens with one attached hydrogen (secondary N) is 1. The summed E-state index contributed by atoms with van der Waals surface area (Å²) in [5.41, 5.74) is 1.13. The molecule has 1 rings (SSSR count). The molecule has 2 N–H and O–H groups in total. The molecule has 0 spiro atoms. The van der Waals surface area contributed by atoms with Gasteiger partial charge in [-0.15, -0.1) is 0 Å². The molecule has 0 aromatic heterocycles. The van der Waals surface area contributed by atoms with Gasteiger partial charge in [-0.05, 0) is 5.56 Å². The van der Waals surface area contributed by atoms with E-state index < -0.39 is 0 Å². The summed E-state index contributed by atoms with van der Waals surface area (Å²) in [6.07, 6.45) is 0. The van der Waals surface area contributed by atoms with E-state index >= 15 is 0 Å². The molecule has 0 aliphatic heterocycles. The standard InChI is InChI=1S/C9H11NO.CH4O/c1-8(11)10-7-9-5-3-2-4-6-9;1-2/h2-6H,7H2,1H3,(H,10,11);2H,1H3. The van der Waals surface area contributed by atoms with E-state index in [9.17, 15) is 4.79 Å². The maximum Gasteiger partial charge on any atom is 0.217 e. The molecule has 0 radical (unpaired) electrons. The van der Waals surface area contributed by atoms with Crippen molar-refractivity contribution in [1.82, 2.24) is 5.32 Å². The van der Waals surface area contributed by atoms with Crippen LogP contribution in [0.2, 0.25) is 0 Å². The van der Waals surface area contributed by atoms with E-state index in [1.165, 1.54) is 6.92 Å². The summed E-state index contributed by atoms with van der Waals surface area (Å²) in [6, 6.07) is 9.83. The first kappa shape index (κ1) is 11.6. The second-order valence-electron chi connectivity index (χ2n) is 2.40. The minimum atomic E-state index is 0.00820. The van der Waals surface area contributed by atoms with E-state index in [4.69, 9.17) is 5.11 Å². The Morgan fingerprint density at radius 2 is 1.85 bits per heavy atom. The highest BCUT2D eigenvalue weighted by molar-refractivity contribution is 5.72. The Morgan fingerprint density at radius 1 is 1.31 bits per heavy atom. The molecule has 0 atom stereocenters. The number of aliphatic hydroxyl groups is 1. The van der Waals surface area contributed by atoms with Crippen molar-refractivity contribution in [1.29, 1.82) is 0 Å². The van der Waals surface area contributed by atoms with Crippen molar-refractivity contribution in [3.63, 3.8) is 0 Å². The molecule has 0 heterocycles. The van der Waals surface area contributed by atoms with E-state index in [-0.39, 0.29) is 5.91 Å². The van der Waals surface area contributed by atoms with Crippen LogP contribution >= 0.6 is 0 Å². The molecule has 0 aliphatic carbocycles. The third-order valence-corrected chi connectivity index (χ3v) is 1.38. The minimum Gasteiger partial charge on any atom is -0.400 e. The first-order valence-corrected chi connectivity index (χ1v) is 4.02. The van der Waals surface area contributed by atoms with Gasteiger partial charge < -0.3 is 10.4 Å². The van der Waals surface area contributed by atoms with Gasteiger partial charge in [0.25, 0.3) is 0 Å². The van der Waals surface area contributed by atoms with Crippen molar-refractivity contribution in [3.05, 3.63) is 35.9 Å². The Balaban J connectivity index is 0.000000671. The number of hydrogen-bond acceptors (Lipinski definition) is 2. The van der Waals surface area contributed by atoms with Crippen molar-refractivity contribution in [2.45, 2.75) is 13.5 Å². The van der Waals surface area contributed by atoms with Crippen molar-refractivity contribution in [3.8, 4) is 0 Å². The molecule has 3 nitrogen and oxygen atoms in total. The summed E-state index contributed by atoms with van der Waals surface area (Å²) >= 11 is 0. The first-order chi connectivity index (χ1) is 6.29. The molecule has 0 aliphatic rings. The Labute approximate surface area is 78.4 Å². The fourth-order valence-electron chi connectivity index (χ4n) is 0.822. The van der Waals surface area contributed by atoms with Gasteiger partial charge in [-0.1, -0.05) is 30.3 Å². The SMILES string of the molecule is CC(=O)NCc1ccccc1.CO. The molecule has 1 aromatic carbocycles. The number of carbonyl (C=O) groups is 1. The summed E-state index contributed by atoms with van der Waals surface area (Å²) in [7, 11) is 1.00. The quantitative estimate of drug-likeness (QED) is 0.713. The van der Waals surface area contributed by atoms with Crippen LogP contribution in [0.3, 0.4) is 0 Å². The summed E-state index contributed by atoms with van der Waals surface area (Å²) in [6.45, 7) is 2.14. The molecule has 1 amide bonds. The first-order valence-electron chi connectivity index (χ1n) is 4.02. The van der Waals surface area contributed by atoms with Crippen molar-refractivity contribution < 1.29 is 9.90 Å². The van der Waals surface area contributed by atoms with E-state index in [2.05, 4.69) is 5.32 Å². The fourth-order valence-corrected chi connectivity index (χ4v) is 0.822. The van der Waals surface area contributed by atoms with Gasteiger partial charge in [0.1, 0.15) is 0 Å². The molecule has 0 unspecified atom stereocenters. The van der Waals surface area contributed by atoms with E-state index in [1.807, 2.05) is 30.3 Å². The summed E-state index contributed by atoms with van der Waals surface area (Å²) in [5, 5.41) is 9.72. The number of aliphatic hydroxyl groups excluding tert-OH is 1. The Hall–Kier alpha value is -1.35. The highest BCUT2D eigenvalue weighted by atomic mass is 16.2. The zero-order valence-corrected chi connectivity index (χ0v) is 7.95. The average molecular weight is 181 g/mol. The smallest absolute Gasteiger partial charge is 0.217 e. The maximum absolute atomic E-state index is 10.5. The highest BCUT2D eigenvalue weighted by Crippen LogP contribution is 1.96. The van der Waals surface area contributed by atoms with Crippen LogP contribution in [0, 0.1) is 0 Å². The predicted octanol–water partition coefficient (Wildman–Crippen LogP) is 0.931. The summed E-state index contributed by atoms with van der Waals surface area (Å²) in [5.74, 6) is 0.00820. The van der Waals surface area contributed by atoms with Gasteiger partial charge in [0, 0.05) is 20.6 Å². The van der Waals surface area contributed by atoms with Gasteiger partial charge in [0.2, 0.25) is 5.91 Å². The van der Waals surface area contributed by atoms with E-state index in [1.54, 1.807) is 0 Å². The van der Waals surface area contributed by atoms with Crippen LogP contribution in [0.4, 0.5) is 0 Å². The molecule has 0 fully saturated rings. The van der Waals surface area contributed by atoms with Gasteiger partial charge in [-0.3, -0.25) is 4.79 Å². The van der Waals surface area contributed by atoms with Crippen LogP contribution in [-0.2, 0) is 11.3 Å². The lowest BCUT2D eigenvalue weighted by molar-refractivity contribution is -0.119. The number of carbonyl (C=O) groups excluding carboxylic acids is 1. The second kappa shape index (κ2) is 7.31. The molecular formula is C10H15NO2. The molecule has 72 valence electrons. The Kier molecular flexibility index (Phi) is 6.55. The van der Waals surface area contributed by atoms with Gasteiger partial charge in [0.15, 0.2) is 0 Å². The van der Waals surface area contributed by atoms with E-state index in [0.29, 0.717) is 6.54 Å². The number of benzene rings is 1. The molecular weight excluding hydrogens is 166 g/mol. The topological polar surface area (TPSA) is 49.3 Å². The summed E-state index contributed by atoms with van der Waals surface area (Å²) in [4.78, 5) is 10.5. The summed E-state index contributed by atoms with van der Waals surface area (Å²) < 4.78 is 0. The lowest BCUT2D eigenvalue weighted by Crippen LogP contribution is -2.18. The van der Waals surface area contributed by atoms with Crippen molar-refractivity contribution >= 4 is 5.91 Å². The zero-order valence-electron chi connectivity index (χ0n) is 7.95. The largest absolute Gasteiger partial charge is 0.400 e. The van der Waals surface area contributed by atoms with Crippen LogP contribution in [-0.4, -0.2) is 18.1 Å². The molecule has 0 saturated heterocycles. The average Bonchev–Trinajstić information content (AvgIpc) is 2.19.